The van der Waals surface area contributed by atoms with Crippen LogP contribution < -0.4 is 0 Å². The van der Waals surface area contributed by atoms with Gasteiger partial charge in [-0.05, 0) is 61.3 Å². The summed E-state index contributed by atoms with van der Waals surface area (Å²) in [5.74, 6) is -0.202. The molecule has 0 heterocycles. The third-order valence-corrected chi connectivity index (χ3v) is 7.71. The van der Waals surface area contributed by atoms with Crippen LogP contribution in [0.3, 0.4) is 0 Å². The number of fused-ring (bicyclic) bond motifs is 3. The van der Waals surface area contributed by atoms with Gasteiger partial charge in [-0.25, -0.2) is 9.59 Å². The molecule has 3 fully saturated rings. The van der Waals surface area contributed by atoms with Gasteiger partial charge in [0.15, 0.2) is 0 Å². The van der Waals surface area contributed by atoms with Crippen LogP contribution in [-0.2, 0) is 9.47 Å². The molecule has 2 aromatic rings. The highest BCUT2D eigenvalue weighted by molar-refractivity contribution is 5.92. The highest BCUT2D eigenvalue weighted by atomic mass is 16.6. The zero-order valence-electron chi connectivity index (χ0n) is 20.0. The van der Waals surface area contributed by atoms with Crippen LogP contribution in [0.5, 0.6) is 0 Å². The molecule has 5 atom stereocenters. The fourth-order valence-electron chi connectivity index (χ4n) is 6.75. The lowest BCUT2D eigenvalue weighted by Crippen LogP contribution is -2.65. The van der Waals surface area contributed by atoms with E-state index in [-0.39, 0.29) is 28.7 Å². The first-order chi connectivity index (χ1) is 15.0. The highest BCUT2D eigenvalue weighted by Gasteiger charge is 2.63. The molecule has 0 radical (unpaired) electrons. The fraction of sp³-hybridized carbons (Fsp3) is 0.500. The summed E-state index contributed by atoms with van der Waals surface area (Å²) in [5.41, 5.74) is 2.61. The molecular weight excluding hydrogens is 400 g/mol. The summed E-state index contributed by atoms with van der Waals surface area (Å²) in [7, 11) is 0. The number of hydrogen-bond donors (Lipinski definition) is 0. The Morgan fingerprint density at radius 3 is 1.84 bits per heavy atom. The summed E-state index contributed by atoms with van der Waals surface area (Å²) in [4.78, 5) is 26.4. The van der Waals surface area contributed by atoms with Gasteiger partial charge < -0.3 is 9.47 Å². The van der Waals surface area contributed by atoms with E-state index in [1.807, 2.05) is 50.2 Å². The van der Waals surface area contributed by atoms with E-state index < -0.39 is 12.2 Å². The van der Waals surface area contributed by atoms with Crippen LogP contribution in [0.15, 0.2) is 48.5 Å². The number of hydrogen-bond acceptors (Lipinski definition) is 4. The van der Waals surface area contributed by atoms with Crippen molar-refractivity contribution in [1.29, 1.82) is 0 Å². The van der Waals surface area contributed by atoms with Crippen LogP contribution in [0.1, 0.15) is 72.4 Å². The molecule has 0 saturated heterocycles. The number of benzene rings is 2. The molecule has 5 unspecified atom stereocenters. The number of ether oxygens (including phenoxy) is 2. The minimum Gasteiger partial charge on any atom is -0.454 e. The Hall–Kier alpha value is -2.62. The molecule has 0 N–H and O–H groups in total. The van der Waals surface area contributed by atoms with Crippen molar-refractivity contribution in [3.63, 3.8) is 0 Å². The van der Waals surface area contributed by atoms with Crippen LogP contribution >= 0.6 is 0 Å². The maximum absolute atomic E-state index is 13.2. The third-order valence-electron chi connectivity index (χ3n) is 7.71. The second kappa shape index (κ2) is 8.06. The zero-order chi connectivity index (χ0) is 23.3. The molecule has 170 valence electrons. The van der Waals surface area contributed by atoms with E-state index in [9.17, 15) is 9.59 Å². The first kappa shape index (κ1) is 22.6. The Morgan fingerprint density at radius 1 is 0.844 bits per heavy atom. The second-order valence-electron chi connectivity index (χ2n) is 10.9. The van der Waals surface area contributed by atoms with Crippen LogP contribution in [0.25, 0.3) is 0 Å². The molecular formula is C28H34O4. The maximum Gasteiger partial charge on any atom is 0.338 e. The summed E-state index contributed by atoms with van der Waals surface area (Å²) in [5, 5.41) is 0. The van der Waals surface area contributed by atoms with Crippen LogP contribution in [0, 0.1) is 36.5 Å². The standard InChI is InChI=1S/C28H34O4/c1-17-11-7-9-13-20(17)25(29)31-23-22-19(3)15-28(6,16-27(22,4)5)24(23)32-26(30)21-14-10-8-12-18(21)2/h7-14,19,22-24H,15-16H2,1-6H3. The molecule has 5 rings (SSSR count). The fourth-order valence-corrected chi connectivity index (χ4v) is 6.75. The van der Waals surface area contributed by atoms with Gasteiger partial charge >= 0.3 is 11.9 Å². The predicted molar refractivity (Wildman–Crippen MR) is 125 cm³/mol. The molecule has 3 saturated carbocycles. The number of rotatable bonds is 4. The quantitative estimate of drug-likeness (QED) is 0.542. The smallest absolute Gasteiger partial charge is 0.338 e. The molecule has 0 amide bonds. The lowest BCUT2D eigenvalue weighted by atomic mass is 9.46. The molecule has 3 aliphatic rings. The van der Waals surface area contributed by atoms with E-state index in [4.69, 9.17) is 9.47 Å². The summed E-state index contributed by atoms with van der Waals surface area (Å²) >= 11 is 0. The predicted octanol–water partition coefficient (Wildman–Crippen LogP) is 6.15. The van der Waals surface area contributed by atoms with Crippen molar-refractivity contribution in [3.05, 3.63) is 70.8 Å². The number of carbonyl (C=O) groups is 2. The van der Waals surface area contributed by atoms with Gasteiger partial charge in [0.05, 0.1) is 11.1 Å². The first-order valence-corrected chi connectivity index (χ1v) is 11.6. The summed E-state index contributed by atoms with van der Waals surface area (Å²) in [6.45, 7) is 12.7. The van der Waals surface area contributed by atoms with Gasteiger partial charge in [0.25, 0.3) is 0 Å². The largest absolute Gasteiger partial charge is 0.454 e. The SMILES string of the molecule is Cc1ccccc1C(=O)OC1C2C(C)CC(C)(CC2(C)C)C1OC(=O)c1ccccc1C. The van der Waals surface area contributed by atoms with Gasteiger partial charge in [-0.15, -0.1) is 0 Å². The normalized spacial score (nSPS) is 30.6. The van der Waals surface area contributed by atoms with Gasteiger partial charge in [0, 0.05) is 11.3 Å². The van der Waals surface area contributed by atoms with Crippen molar-refractivity contribution in [1.82, 2.24) is 0 Å². The average Bonchev–Trinajstić information content (AvgIpc) is 2.69. The van der Waals surface area contributed by atoms with Crippen molar-refractivity contribution >= 4 is 11.9 Å². The number of carbonyl (C=O) groups excluding carboxylic acids is 2. The molecule has 2 bridgehead atoms. The van der Waals surface area contributed by atoms with Crippen LogP contribution in [-0.4, -0.2) is 24.1 Å². The molecule has 2 aromatic carbocycles. The van der Waals surface area contributed by atoms with E-state index >= 15 is 0 Å². The minimum atomic E-state index is -0.479. The van der Waals surface area contributed by atoms with Crippen molar-refractivity contribution in [2.24, 2.45) is 22.7 Å². The molecule has 3 aliphatic carbocycles. The Morgan fingerprint density at radius 2 is 1.34 bits per heavy atom. The second-order valence-corrected chi connectivity index (χ2v) is 10.9. The average molecular weight is 435 g/mol. The van der Waals surface area contributed by atoms with Crippen molar-refractivity contribution in [3.8, 4) is 0 Å². The van der Waals surface area contributed by atoms with Crippen LogP contribution in [0.4, 0.5) is 0 Å². The topological polar surface area (TPSA) is 52.6 Å². The lowest BCUT2D eigenvalue weighted by Gasteiger charge is -2.62. The van der Waals surface area contributed by atoms with Crippen molar-refractivity contribution < 1.29 is 19.1 Å². The van der Waals surface area contributed by atoms with Crippen LogP contribution in [0.2, 0.25) is 0 Å². The van der Waals surface area contributed by atoms with Crippen molar-refractivity contribution in [2.45, 2.75) is 66.6 Å². The summed E-state index contributed by atoms with van der Waals surface area (Å²) < 4.78 is 12.4. The van der Waals surface area contributed by atoms with E-state index in [1.165, 1.54) is 0 Å². The maximum atomic E-state index is 13.2. The zero-order valence-corrected chi connectivity index (χ0v) is 20.0. The molecule has 32 heavy (non-hydrogen) atoms. The monoisotopic (exact) mass is 434 g/mol. The highest BCUT2D eigenvalue weighted by Crippen LogP contribution is 2.62. The minimum absolute atomic E-state index is 0.0192. The number of aryl methyl sites for hydroxylation is 2. The Kier molecular flexibility index (Phi) is 5.68. The molecule has 0 aromatic heterocycles. The van der Waals surface area contributed by atoms with Gasteiger partial charge in [-0.3, -0.25) is 0 Å². The van der Waals surface area contributed by atoms with Crippen molar-refractivity contribution in [2.75, 3.05) is 0 Å². The van der Waals surface area contributed by atoms with E-state index in [0.29, 0.717) is 17.0 Å². The van der Waals surface area contributed by atoms with Gasteiger partial charge in [-0.2, -0.15) is 0 Å². The Bertz CT molecular complexity index is 1040. The Balaban J connectivity index is 1.69. The van der Waals surface area contributed by atoms with E-state index in [0.717, 1.165) is 24.0 Å². The molecule has 4 heteroatoms. The Labute approximate surface area is 191 Å². The molecule has 0 aliphatic heterocycles. The van der Waals surface area contributed by atoms with Gasteiger partial charge in [0.1, 0.15) is 12.2 Å². The van der Waals surface area contributed by atoms with Gasteiger partial charge in [0.2, 0.25) is 0 Å². The number of esters is 2. The summed E-state index contributed by atoms with van der Waals surface area (Å²) in [6.07, 6.45) is 0.925. The van der Waals surface area contributed by atoms with E-state index in [1.54, 1.807) is 12.1 Å². The first-order valence-electron chi connectivity index (χ1n) is 11.6. The third kappa shape index (κ3) is 3.85. The van der Waals surface area contributed by atoms with E-state index in [2.05, 4.69) is 27.7 Å². The van der Waals surface area contributed by atoms with Gasteiger partial charge in [-0.1, -0.05) is 64.1 Å². The molecule has 4 nitrogen and oxygen atoms in total. The lowest BCUT2D eigenvalue weighted by molar-refractivity contribution is -0.218. The molecule has 0 spiro atoms. The summed E-state index contributed by atoms with van der Waals surface area (Å²) in [6, 6.07) is 14.9.